The Morgan fingerprint density at radius 3 is 1.22 bits per heavy atom. The van der Waals surface area contributed by atoms with E-state index in [1.54, 1.807) is 11.1 Å². The van der Waals surface area contributed by atoms with Gasteiger partial charge < -0.3 is 0 Å². The number of aryl methyl sites for hydroxylation is 2. The predicted octanol–water partition coefficient (Wildman–Crippen LogP) is 18.5. The Balaban J connectivity index is 0.000000201. The van der Waals surface area contributed by atoms with Crippen LogP contribution >= 0.6 is 17.0 Å². The zero-order chi connectivity index (χ0) is 43.0. The maximum absolute atomic E-state index is 4.93. The van der Waals surface area contributed by atoms with Gasteiger partial charge in [-0.15, -0.1) is 56.9 Å². The molecule has 6 aromatic carbocycles. The third-order valence-electron chi connectivity index (χ3n) is 13.4. The third kappa shape index (κ3) is 13.9. The van der Waals surface area contributed by atoms with Gasteiger partial charge in [-0.3, -0.25) is 0 Å². The van der Waals surface area contributed by atoms with Crippen LogP contribution < -0.4 is 0 Å². The van der Waals surface area contributed by atoms with Gasteiger partial charge in [-0.2, -0.15) is 12.1 Å². The second kappa shape index (κ2) is 25.2. The second-order valence-corrected chi connectivity index (χ2v) is 22.9. The van der Waals surface area contributed by atoms with Gasteiger partial charge in [0, 0.05) is 9.52 Å². The van der Waals surface area contributed by atoms with Gasteiger partial charge in [-0.1, -0.05) is 188 Å². The van der Waals surface area contributed by atoms with Gasteiger partial charge in [-0.25, -0.2) is 0 Å². The molecule has 0 spiro atoms. The van der Waals surface area contributed by atoms with E-state index in [1.807, 2.05) is 0 Å². The summed E-state index contributed by atoms with van der Waals surface area (Å²) in [5, 5.41) is 5.70. The topological polar surface area (TPSA) is 0 Å². The fourth-order valence-electron chi connectivity index (χ4n) is 9.68. The average molecular weight is 935 g/mol. The van der Waals surface area contributed by atoms with Crippen molar-refractivity contribution in [3.05, 3.63) is 130 Å². The van der Waals surface area contributed by atoms with Crippen LogP contribution in [0.3, 0.4) is 0 Å². The zero-order valence-electron chi connectivity index (χ0n) is 38.2. The number of halogens is 2. The molecule has 0 aliphatic heterocycles. The molecule has 2 aliphatic rings. The Hall–Kier alpha value is -2.22. The van der Waals surface area contributed by atoms with Gasteiger partial charge in [0.05, 0.1) is 0 Å². The molecular formula is C56H72Cl2SiZr. The first-order valence-electron chi connectivity index (χ1n) is 23.3. The average Bonchev–Trinajstić information content (AvgIpc) is 3.87. The van der Waals surface area contributed by atoms with Crippen LogP contribution in [0.15, 0.2) is 97.1 Å². The van der Waals surface area contributed by atoms with Crippen LogP contribution in [0, 0.1) is 25.7 Å². The summed E-state index contributed by atoms with van der Waals surface area (Å²) in [7, 11) is 11.0. The van der Waals surface area contributed by atoms with E-state index in [0.717, 1.165) is 21.4 Å². The van der Waals surface area contributed by atoms with Crippen molar-refractivity contribution in [2.24, 2.45) is 11.8 Å². The van der Waals surface area contributed by atoms with Gasteiger partial charge >= 0.3 is 37.9 Å². The number of hydrogen-bond acceptors (Lipinski definition) is 0. The van der Waals surface area contributed by atoms with Crippen molar-refractivity contribution in [3.63, 3.8) is 0 Å². The van der Waals surface area contributed by atoms with Gasteiger partial charge in [0.25, 0.3) is 0 Å². The molecule has 0 saturated heterocycles. The van der Waals surface area contributed by atoms with Crippen molar-refractivity contribution in [2.45, 2.75) is 156 Å². The predicted molar refractivity (Wildman–Crippen MR) is 267 cm³/mol. The monoisotopic (exact) mass is 932 g/mol. The normalized spacial score (nSPS) is 15.5. The summed E-state index contributed by atoms with van der Waals surface area (Å²) in [6, 6.07) is 37.9. The molecule has 2 radical (unpaired) electrons. The van der Waals surface area contributed by atoms with Gasteiger partial charge in [0.15, 0.2) is 0 Å². The Kier molecular flexibility index (Phi) is 20.5. The molecule has 60 heavy (non-hydrogen) atoms. The first-order chi connectivity index (χ1) is 29.1. The van der Waals surface area contributed by atoms with E-state index in [0.29, 0.717) is 11.8 Å². The molecular weight excluding hydrogens is 863 g/mol. The summed E-state index contributed by atoms with van der Waals surface area (Å²) >= 11 is -0.826. The number of rotatable bonds is 10. The van der Waals surface area contributed by atoms with Crippen LogP contribution in [0.1, 0.15) is 150 Å². The molecule has 0 heterocycles. The second-order valence-electron chi connectivity index (χ2n) is 18.2. The minimum atomic E-state index is -0.826. The van der Waals surface area contributed by atoms with Crippen molar-refractivity contribution in [1.29, 1.82) is 0 Å². The van der Waals surface area contributed by atoms with Crippen LogP contribution in [-0.4, -0.2) is 9.52 Å². The first-order valence-corrected chi connectivity index (χ1v) is 31.6. The summed E-state index contributed by atoms with van der Waals surface area (Å²) in [4.78, 5) is 0. The van der Waals surface area contributed by atoms with Crippen molar-refractivity contribution < 1.29 is 20.8 Å². The van der Waals surface area contributed by atoms with Crippen LogP contribution in [0.2, 0.25) is 13.1 Å². The van der Waals surface area contributed by atoms with E-state index in [2.05, 4.69) is 152 Å². The molecule has 2 atom stereocenters. The van der Waals surface area contributed by atoms with Crippen LogP contribution in [0.25, 0.3) is 43.8 Å². The Bertz CT molecular complexity index is 1990. The first kappa shape index (κ1) is 48.8. The SMILES string of the molecule is CCC(C)c1ccc(-c2cc(C)cc3[cH-]c(CC4CCCCC4)cc23)cc1.CCC(C)c1ccc(-c2cc(C)cc3[cH-]c(CC4CCCCC4)cc23)cc1.C[Si]C.[Cl][Zr+2][Cl]. The van der Waals surface area contributed by atoms with Crippen LogP contribution in [0.4, 0.5) is 0 Å². The third-order valence-corrected chi connectivity index (χ3v) is 13.4. The van der Waals surface area contributed by atoms with Crippen LogP contribution in [0.5, 0.6) is 0 Å². The van der Waals surface area contributed by atoms with E-state index in [4.69, 9.17) is 17.0 Å². The summed E-state index contributed by atoms with van der Waals surface area (Å²) in [5.41, 5.74) is 14.2. The molecule has 318 valence electrons. The maximum atomic E-state index is 4.93. The molecule has 0 nitrogen and oxygen atoms in total. The standard InChI is InChI=1S/2C27H33.C2H6Si.2ClH.Zr/c2*1-4-20(3)23-10-12-24(13-11-23)26-15-19(2)14-25-17-22(18-27(25)26)16-21-8-6-5-7-9-21;1-3-2;;;/h2*10-15,17-18,20-21H,4-9,16H2,1-3H3;1-2H3;2*1H;/q2*-1;;;;+4/p-2. The summed E-state index contributed by atoms with van der Waals surface area (Å²) in [6.45, 7) is 17.9. The van der Waals surface area contributed by atoms with E-state index in [-0.39, 0.29) is 0 Å². The van der Waals surface area contributed by atoms with Gasteiger partial charge in [-0.05, 0) is 85.5 Å². The molecule has 6 aromatic rings. The number of hydrogen-bond donors (Lipinski definition) is 0. The summed E-state index contributed by atoms with van der Waals surface area (Å²) in [6.07, 6.45) is 19.2. The molecule has 0 amide bonds. The van der Waals surface area contributed by atoms with E-state index in [9.17, 15) is 0 Å². The van der Waals surface area contributed by atoms with Gasteiger partial charge in [0.1, 0.15) is 0 Å². The van der Waals surface area contributed by atoms with Gasteiger partial charge in [0.2, 0.25) is 0 Å². The molecule has 8 rings (SSSR count). The van der Waals surface area contributed by atoms with E-state index in [1.165, 1.54) is 156 Å². The molecule has 0 bridgehead atoms. The molecule has 2 fully saturated rings. The Morgan fingerprint density at radius 1 is 0.567 bits per heavy atom. The zero-order valence-corrected chi connectivity index (χ0v) is 43.2. The Morgan fingerprint density at radius 2 is 0.900 bits per heavy atom. The molecule has 0 N–H and O–H groups in total. The minimum absolute atomic E-state index is 0.637. The van der Waals surface area contributed by atoms with Crippen molar-refractivity contribution >= 4 is 48.1 Å². The summed E-state index contributed by atoms with van der Waals surface area (Å²) in [5.74, 6) is 3.07. The Labute approximate surface area is 386 Å². The number of fused-ring (bicyclic) bond motifs is 2. The quantitative estimate of drug-likeness (QED) is 0.0948. The van der Waals surface area contributed by atoms with E-state index < -0.39 is 20.8 Å². The molecule has 2 aliphatic carbocycles. The summed E-state index contributed by atoms with van der Waals surface area (Å²) < 4.78 is 0. The molecule has 2 unspecified atom stereocenters. The van der Waals surface area contributed by atoms with Crippen molar-refractivity contribution in [3.8, 4) is 22.3 Å². The fraction of sp³-hybridized carbons (Fsp3) is 0.464. The number of benzene rings is 4. The molecule has 0 aromatic heterocycles. The van der Waals surface area contributed by atoms with Crippen LogP contribution in [-0.2, 0) is 33.7 Å². The van der Waals surface area contributed by atoms with E-state index >= 15 is 0 Å². The van der Waals surface area contributed by atoms with Crippen molar-refractivity contribution in [1.82, 2.24) is 0 Å². The van der Waals surface area contributed by atoms with Crippen molar-refractivity contribution in [2.75, 3.05) is 0 Å². The molecule has 2 saturated carbocycles. The molecule has 4 heteroatoms. The fourth-order valence-corrected chi connectivity index (χ4v) is 9.68.